The van der Waals surface area contributed by atoms with E-state index in [1.165, 1.54) is 11.5 Å². The molecule has 0 spiro atoms. The zero-order valence-corrected chi connectivity index (χ0v) is 7.14. The van der Waals surface area contributed by atoms with Gasteiger partial charge in [-0.25, -0.2) is 0 Å². The summed E-state index contributed by atoms with van der Waals surface area (Å²) in [6.07, 6.45) is 1.72. The predicted molar refractivity (Wildman–Crippen MR) is 43.3 cm³/mol. The summed E-state index contributed by atoms with van der Waals surface area (Å²) in [5, 5.41) is 15.5. The second-order valence-electron chi connectivity index (χ2n) is 2.35. The van der Waals surface area contributed by atoms with Crippen LogP contribution in [0.4, 0.5) is 0 Å². The molecule has 0 aliphatic rings. The Morgan fingerprint density at radius 2 is 2.64 bits per heavy atom. The molecule has 0 saturated carbocycles. The molecule has 0 bridgehead atoms. The Kier molecular flexibility index (Phi) is 3.41. The smallest absolute Gasteiger partial charge is 0.0666 e. The van der Waals surface area contributed by atoms with Crippen LogP contribution in [0.5, 0.6) is 0 Å². The number of aromatic nitrogens is 2. The van der Waals surface area contributed by atoms with E-state index in [4.69, 9.17) is 5.11 Å². The number of aliphatic hydroxyl groups excluding tert-OH is 1. The summed E-state index contributed by atoms with van der Waals surface area (Å²) in [4.78, 5) is 1.09. The van der Waals surface area contributed by atoms with Gasteiger partial charge in [0.1, 0.15) is 0 Å². The first-order valence-corrected chi connectivity index (χ1v) is 4.20. The van der Waals surface area contributed by atoms with Crippen LogP contribution in [0.15, 0.2) is 6.20 Å². The summed E-state index contributed by atoms with van der Waals surface area (Å²) in [6, 6.07) is 0.136. The van der Waals surface area contributed by atoms with Crippen molar-refractivity contribution in [2.45, 2.75) is 19.5 Å². The molecule has 11 heavy (non-hydrogen) atoms. The molecule has 1 rings (SSSR count). The van der Waals surface area contributed by atoms with Gasteiger partial charge in [0.25, 0.3) is 0 Å². The van der Waals surface area contributed by atoms with Crippen molar-refractivity contribution >= 4 is 11.5 Å². The summed E-state index contributed by atoms with van der Waals surface area (Å²) in [5.74, 6) is 0. The predicted octanol–water partition coefficient (Wildman–Crippen LogP) is 0.00850. The van der Waals surface area contributed by atoms with Crippen LogP contribution in [0, 0.1) is 0 Å². The van der Waals surface area contributed by atoms with Crippen LogP contribution in [0.25, 0.3) is 0 Å². The van der Waals surface area contributed by atoms with Gasteiger partial charge in [-0.2, -0.15) is 0 Å². The Hall–Kier alpha value is -0.520. The summed E-state index contributed by atoms with van der Waals surface area (Å²) in [7, 11) is 0. The molecular formula is C6H11N3OS. The van der Waals surface area contributed by atoms with E-state index in [9.17, 15) is 0 Å². The fraction of sp³-hybridized carbons (Fsp3) is 0.667. The molecule has 0 aromatic carbocycles. The monoisotopic (exact) mass is 173 g/mol. The van der Waals surface area contributed by atoms with Crippen LogP contribution in [0.2, 0.25) is 0 Å². The summed E-state index contributed by atoms with van der Waals surface area (Å²) < 4.78 is 3.72. The lowest BCUT2D eigenvalue weighted by atomic mass is 10.3. The van der Waals surface area contributed by atoms with Crippen molar-refractivity contribution in [2.24, 2.45) is 0 Å². The molecule has 2 N–H and O–H groups in total. The minimum Gasteiger partial charge on any atom is -0.395 e. The fourth-order valence-corrected chi connectivity index (χ4v) is 1.05. The summed E-state index contributed by atoms with van der Waals surface area (Å²) in [5.41, 5.74) is 0. The van der Waals surface area contributed by atoms with E-state index in [-0.39, 0.29) is 12.6 Å². The molecule has 62 valence electrons. The number of rotatable bonds is 4. The maximum absolute atomic E-state index is 8.67. The number of aliphatic hydroxyl groups is 1. The van der Waals surface area contributed by atoms with Crippen molar-refractivity contribution in [1.82, 2.24) is 14.9 Å². The van der Waals surface area contributed by atoms with Crippen molar-refractivity contribution in [3.63, 3.8) is 0 Å². The van der Waals surface area contributed by atoms with Gasteiger partial charge in [0, 0.05) is 12.6 Å². The average molecular weight is 173 g/mol. The van der Waals surface area contributed by atoms with Crippen molar-refractivity contribution in [1.29, 1.82) is 0 Å². The molecule has 5 heteroatoms. The molecule has 1 aromatic heterocycles. The van der Waals surface area contributed by atoms with Crippen LogP contribution < -0.4 is 5.32 Å². The second kappa shape index (κ2) is 4.38. The normalized spacial score (nSPS) is 13.3. The molecule has 1 heterocycles. The van der Waals surface area contributed by atoms with Gasteiger partial charge in [0.15, 0.2) is 0 Å². The van der Waals surface area contributed by atoms with E-state index in [0.29, 0.717) is 0 Å². The number of hydrogen-bond acceptors (Lipinski definition) is 5. The van der Waals surface area contributed by atoms with Crippen molar-refractivity contribution in [2.75, 3.05) is 6.61 Å². The fourth-order valence-electron chi connectivity index (χ4n) is 0.605. The van der Waals surface area contributed by atoms with Crippen LogP contribution >= 0.6 is 11.5 Å². The highest BCUT2D eigenvalue weighted by atomic mass is 32.1. The SMILES string of the molecule is CC(CO)NCc1cnns1. The van der Waals surface area contributed by atoms with Crippen LogP contribution in [-0.4, -0.2) is 27.3 Å². The molecule has 0 fully saturated rings. The maximum atomic E-state index is 8.67. The van der Waals surface area contributed by atoms with Gasteiger partial charge < -0.3 is 10.4 Å². The molecule has 1 atom stereocenters. The molecular weight excluding hydrogens is 162 g/mol. The first-order valence-electron chi connectivity index (χ1n) is 3.43. The minimum absolute atomic E-state index is 0.136. The topological polar surface area (TPSA) is 58.0 Å². The van der Waals surface area contributed by atoms with Gasteiger partial charge in [0.05, 0.1) is 17.7 Å². The molecule has 0 saturated heterocycles. The highest BCUT2D eigenvalue weighted by molar-refractivity contribution is 7.05. The van der Waals surface area contributed by atoms with E-state index in [2.05, 4.69) is 14.9 Å². The molecule has 4 nitrogen and oxygen atoms in total. The van der Waals surface area contributed by atoms with Gasteiger partial charge in [-0.15, -0.1) is 5.10 Å². The third-order valence-electron chi connectivity index (χ3n) is 1.31. The molecule has 0 radical (unpaired) electrons. The van der Waals surface area contributed by atoms with E-state index in [0.717, 1.165) is 11.4 Å². The van der Waals surface area contributed by atoms with Crippen molar-refractivity contribution in [3.05, 3.63) is 11.1 Å². The first kappa shape index (κ1) is 8.58. The first-order chi connectivity index (χ1) is 5.33. The lowest BCUT2D eigenvalue weighted by Gasteiger charge is -2.07. The van der Waals surface area contributed by atoms with E-state index >= 15 is 0 Å². The van der Waals surface area contributed by atoms with Crippen molar-refractivity contribution < 1.29 is 5.11 Å². The van der Waals surface area contributed by atoms with Crippen LogP contribution in [0.1, 0.15) is 11.8 Å². The lowest BCUT2D eigenvalue weighted by Crippen LogP contribution is -2.28. The molecule has 1 aromatic rings. The van der Waals surface area contributed by atoms with E-state index in [1.54, 1.807) is 6.20 Å². The average Bonchev–Trinajstić information content (AvgIpc) is 2.52. The number of nitrogens with zero attached hydrogens (tertiary/aromatic N) is 2. The highest BCUT2D eigenvalue weighted by Gasteiger charge is 1.99. The van der Waals surface area contributed by atoms with E-state index in [1.807, 2.05) is 6.92 Å². The van der Waals surface area contributed by atoms with E-state index < -0.39 is 0 Å². The molecule has 1 unspecified atom stereocenters. The van der Waals surface area contributed by atoms with Crippen LogP contribution in [-0.2, 0) is 6.54 Å². The number of hydrogen-bond donors (Lipinski definition) is 2. The lowest BCUT2D eigenvalue weighted by molar-refractivity contribution is 0.251. The summed E-state index contributed by atoms with van der Waals surface area (Å²) >= 11 is 1.37. The van der Waals surface area contributed by atoms with Gasteiger partial charge in [-0.05, 0) is 18.5 Å². The molecule has 0 amide bonds. The number of nitrogens with one attached hydrogen (secondary N) is 1. The maximum Gasteiger partial charge on any atom is 0.0666 e. The minimum atomic E-state index is 0.136. The Labute approximate surface area is 69.4 Å². The zero-order chi connectivity index (χ0) is 8.10. The van der Waals surface area contributed by atoms with Gasteiger partial charge in [-0.1, -0.05) is 4.49 Å². The van der Waals surface area contributed by atoms with Gasteiger partial charge in [-0.3, -0.25) is 0 Å². The largest absolute Gasteiger partial charge is 0.395 e. The Morgan fingerprint density at radius 3 is 3.18 bits per heavy atom. The third-order valence-corrected chi connectivity index (χ3v) is 1.97. The Balaban J connectivity index is 2.23. The van der Waals surface area contributed by atoms with Crippen molar-refractivity contribution in [3.8, 4) is 0 Å². The standard InChI is InChI=1S/C6H11N3OS/c1-5(4-10)7-2-6-3-8-9-11-6/h3,5,7,10H,2,4H2,1H3. The zero-order valence-electron chi connectivity index (χ0n) is 6.32. The molecule has 0 aliphatic carbocycles. The second-order valence-corrected chi connectivity index (χ2v) is 3.22. The van der Waals surface area contributed by atoms with Crippen LogP contribution in [0.3, 0.4) is 0 Å². The van der Waals surface area contributed by atoms with Gasteiger partial charge in [0.2, 0.25) is 0 Å². The Morgan fingerprint density at radius 1 is 1.82 bits per heavy atom. The molecule has 0 aliphatic heterocycles. The Bertz CT molecular complexity index is 190. The third kappa shape index (κ3) is 2.92. The highest BCUT2D eigenvalue weighted by Crippen LogP contribution is 2.00. The quantitative estimate of drug-likeness (QED) is 0.673. The summed E-state index contributed by atoms with van der Waals surface area (Å²) in [6.45, 7) is 2.82. The van der Waals surface area contributed by atoms with Gasteiger partial charge >= 0.3 is 0 Å².